The number of ether oxygens (including phenoxy) is 2. The van der Waals surface area contributed by atoms with Gasteiger partial charge in [-0.15, -0.1) is 0 Å². The summed E-state index contributed by atoms with van der Waals surface area (Å²) in [6.45, 7) is 3.01. The van der Waals surface area contributed by atoms with Crippen molar-refractivity contribution in [1.29, 1.82) is 0 Å². The molecule has 3 rings (SSSR count). The van der Waals surface area contributed by atoms with Crippen LogP contribution < -0.4 is 9.80 Å². The number of halogens is 2. The third-order valence-corrected chi connectivity index (χ3v) is 4.02. The van der Waals surface area contributed by atoms with Crippen LogP contribution in [0.15, 0.2) is 18.2 Å². The molecule has 2 saturated heterocycles. The van der Waals surface area contributed by atoms with E-state index in [2.05, 4.69) is 0 Å². The molecule has 2 aliphatic rings. The lowest BCUT2D eigenvalue weighted by atomic mass is 10.2. The second kappa shape index (κ2) is 5.72. The van der Waals surface area contributed by atoms with Crippen LogP contribution in [-0.2, 0) is 9.47 Å². The number of hydrogen-bond acceptors (Lipinski definition) is 4. The van der Waals surface area contributed by atoms with Gasteiger partial charge in [-0.3, -0.25) is 4.90 Å². The number of amides is 1. The number of rotatable bonds is 2. The van der Waals surface area contributed by atoms with Crippen LogP contribution >= 0.6 is 22.6 Å². The maximum Gasteiger partial charge on any atom is 0.415 e. The van der Waals surface area contributed by atoms with Gasteiger partial charge in [-0.05, 0) is 40.8 Å². The van der Waals surface area contributed by atoms with Crippen molar-refractivity contribution in [3.63, 3.8) is 0 Å². The molecule has 0 N–H and O–H groups in total. The predicted molar refractivity (Wildman–Crippen MR) is 81.1 cm³/mol. The standard InChI is InChI=1S/C13H14FIN2O3/c14-10-7-9(17-8-12(15)20-13(17)18)1-2-11(10)16-3-5-19-6-4-16/h1-2,7,12H,3-6,8H2/t12-/m1/s1. The number of benzene rings is 1. The SMILES string of the molecule is O=C1O[C@@H](I)CN1c1ccc(N2CCOCC2)c(F)c1. The molecule has 0 saturated carbocycles. The van der Waals surface area contributed by atoms with Gasteiger partial charge in [-0.25, -0.2) is 9.18 Å². The van der Waals surface area contributed by atoms with E-state index in [9.17, 15) is 9.18 Å². The smallest absolute Gasteiger partial charge is 0.415 e. The third kappa shape index (κ3) is 2.69. The van der Waals surface area contributed by atoms with Gasteiger partial charge in [0, 0.05) is 13.1 Å². The van der Waals surface area contributed by atoms with Crippen molar-refractivity contribution >= 4 is 40.1 Å². The first-order valence-electron chi connectivity index (χ1n) is 6.39. The Balaban J connectivity index is 1.82. The largest absolute Gasteiger partial charge is 0.433 e. The Morgan fingerprint density at radius 1 is 1.30 bits per heavy atom. The zero-order valence-electron chi connectivity index (χ0n) is 10.7. The average Bonchev–Trinajstić information content (AvgIpc) is 2.78. The van der Waals surface area contributed by atoms with Crippen molar-refractivity contribution in [3.8, 4) is 0 Å². The molecule has 108 valence electrons. The molecule has 0 aliphatic carbocycles. The van der Waals surface area contributed by atoms with Gasteiger partial charge >= 0.3 is 6.09 Å². The zero-order chi connectivity index (χ0) is 14.1. The number of hydrogen-bond donors (Lipinski definition) is 0. The molecule has 0 aromatic heterocycles. The summed E-state index contributed by atoms with van der Waals surface area (Å²) >= 11 is 2.04. The summed E-state index contributed by atoms with van der Waals surface area (Å²) in [4.78, 5) is 15.0. The first kappa shape index (κ1) is 13.9. The van der Waals surface area contributed by atoms with E-state index in [-0.39, 0.29) is 9.93 Å². The predicted octanol–water partition coefficient (Wildman–Crippen LogP) is 2.38. The van der Waals surface area contributed by atoms with Crippen molar-refractivity contribution < 1.29 is 18.7 Å². The highest BCUT2D eigenvalue weighted by Crippen LogP contribution is 2.29. The summed E-state index contributed by atoms with van der Waals surface area (Å²) in [6.07, 6.45) is -0.428. The lowest BCUT2D eigenvalue weighted by molar-refractivity contribution is 0.122. The van der Waals surface area contributed by atoms with Crippen LogP contribution in [0.3, 0.4) is 0 Å². The van der Waals surface area contributed by atoms with E-state index in [1.54, 1.807) is 12.1 Å². The Kier molecular flexibility index (Phi) is 3.97. The van der Waals surface area contributed by atoms with Gasteiger partial charge in [-0.2, -0.15) is 0 Å². The van der Waals surface area contributed by atoms with Gasteiger partial charge in [0.15, 0.2) is 4.11 Å². The Morgan fingerprint density at radius 2 is 2.05 bits per heavy atom. The zero-order valence-corrected chi connectivity index (χ0v) is 12.9. The summed E-state index contributed by atoms with van der Waals surface area (Å²) in [5.74, 6) is -0.325. The van der Waals surface area contributed by atoms with Crippen LogP contribution in [-0.4, -0.2) is 43.1 Å². The highest BCUT2D eigenvalue weighted by atomic mass is 127. The molecule has 0 unspecified atom stereocenters. The van der Waals surface area contributed by atoms with Crippen LogP contribution in [0.25, 0.3) is 0 Å². The van der Waals surface area contributed by atoms with Gasteiger partial charge in [0.05, 0.1) is 31.1 Å². The molecule has 1 amide bonds. The van der Waals surface area contributed by atoms with E-state index in [1.165, 1.54) is 11.0 Å². The van der Waals surface area contributed by atoms with Gasteiger partial charge in [-0.1, -0.05) is 0 Å². The number of nitrogens with zero attached hydrogens (tertiary/aromatic N) is 2. The second-order valence-electron chi connectivity index (χ2n) is 4.64. The average molecular weight is 392 g/mol. The number of carbonyl (C=O) groups excluding carboxylic acids is 1. The molecule has 7 heteroatoms. The fraction of sp³-hybridized carbons (Fsp3) is 0.462. The van der Waals surface area contributed by atoms with E-state index in [1.807, 2.05) is 27.5 Å². The Hall–Kier alpha value is -1.09. The van der Waals surface area contributed by atoms with Crippen LogP contribution in [0.4, 0.5) is 20.6 Å². The van der Waals surface area contributed by atoms with Crippen molar-refractivity contribution in [3.05, 3.63) is 24.0 Å². The van der Waals surface area contributed by atoms with Crippen molar-refractivity contribution in [1.82, 2.24) is 0 Å². The first-order valence-corrected chi connectivity index (χ1v) is 7.64. The highest BCUT2D eigenvalue weighted by Gasteiger charge is 2.31. The quantitative estimate of drug-likeness (QED) is 0.573. The number of cyclic esters (lactones) is 1. The molecule has 20 heavy (non-hydrogen) atoms. The Bertz CT molecular complexity index is 522. The molecule has 2 aliphatic heterocycles. The van der Waals surface area contributed by atoms with E-state index < -0.39 is 6.09 Å². The molecule has 0 radical (unpaired) electrons. The minimum Gasteiger partial charge on any atom is -0.433 e. The molecule has 0 spiro atoms. The normalized spacial score (nSPS) is 23.1. The monoisotopic (exact) mass is 392 g/mol. The first-order chi connectivity index (χ1) is 9.65. The molecule has 2 heterocycles. The topological polar surface area (TPSA) is 42.0 Å². The van der Waals surface area contributed by atoms with Crippen molar-refractivity contribution in [2.75, 3.05) is 42.6 Å². The van der Waals surface area contributed by atoms with E-state index >= 15 is 0 Å². The highest BCUT2D eigenvalue weighted by molar-refractivity contribution is 14.1. The number of anilines is 2. The third-order valence-electron chi connectivity index (χ3n) is 3.37. The Morgan fingerprint density at radius 3 is 2.65 bits per heavy atom. The summed E-state index contributed by atoms with van der Waals surface area (Å²) in [5, 5.41) is 0. The fourth-order valence-electron chi connectivity index (χ4n) is 2.36. The van der Waals surface area contributed by atoms with Crippen molar-refractivity contribution in [2.45, 2.75) is 4.11 Å². The number of carbonyl (C=O) groups is 1. The Labute approximate surface area is 129 Å². The van der Waals surface area contributed by atoms with E-state index in [0.717, 1.165) is 0 Å². The molecule has 2 fully saturated rings. The molecular formula is C13H14FIN2O3. The van der Waals surface area contributed by atoms with Crippen LogP contribution in [0.5, 0.6) is 0 Å². The molecule has 1 aromatic rings. The summed E-state index contributed by atoms with van der Waals surface area (Å²) in [7, 11) is 0. The molecular weight excluding hydrogens is 378 g/mol. The summed E-state index contributed by atoms with van der Waals surface area (Å²) < 4.78 is 24.4. The van der Waals surface area contributed by atoms with Crippen LogP contribution in [0.2, 0.25) is 0 Å². The molecule has 1 atom stereocenters. The molecule has 1 aromatic carbocycles. The molecule has 0 bridgehead atoms. The number of morpholine rings is 1. The summed E-state index contributed by atoms with van der Waals surface area (Å²) in [5.41, 5.74) is 1.08. The maximum absolute atomic E-state index is 14.2. The second-order valence-corrected chi connectivity index (χ2v) is 6.03. The summed E-state index contributed by atoms with van der Waals surface area (Å²) in [6, 6.07) is 4.86. The van der Waals surface area contributed by atoms with E-state index in [4.69, 9.17) is 9.47 Å². The van der Waals surface area contributed by atoms with Gasteiger partial charge in [0.2, 0.25) is 0 Å². The van der Waals surface area contributed by atoms with Gasteiger partial charge in [0.1, 0.15) is 5.82 Å². The van der Waals surface area contributed by atoms with E-state index in [0.29, 0.717) is 44.2 Å². The lowest BCUT2D eigenvalue weighted by Crippen LogP contribution is -2.36. The minimum absolute atomic E-state index is 0.193. The van der Waals surface area contributed by atoms with Gasteiger partial charge in [0.25, 0.3) is 0 Å². The van der Waals surface area contributed by atoms with Crippen LogP contribution in [0, 0.1) is 5.82 Å². The van der Waals surface area contributed by atoms with Crippen LogP contribution in [0.1, 0.15) is 0 Å². The van der Waals surface area contributed by atoms with Gasteiger partial charge < -0.3 is 14.4 Å². The van der Waals surface area contributed by atoms with Crippen molar-refractivity contribution in [2.24, 2.45) is 0 Å². The lowest BCUT2D eigenvalue weighted by Gasteiger charge is -2.29. The maximum atomic E-state index is 14.2. The molecule has 5 nitrogen and oxygen atoms in total. The number of alkyl halides is 1. The fourth-order valence-corrected chi connectivity index (χ4v) is 2.98. The minimum atomic E-state index is -0.428.